The molecule has 3 aromatic carbocycles. The van der Waals surface area contributed by atoms with E-state index in [2.05, 4.69) is 13.8 Å². The number of methoxy groups -OCH3 is 2. The zero-order valence-corrected chi connectivity index (χ0v) is 21.4. The van der Waals surface area contributed by atoms with Gasteiger partial charge in [-0.15, -0.1) is 0 Å². The molecule has 1 fully saturated rings. The highest BCUT2D eigenvalue weighted by Gasteiger charge is 2.46. The third-order valence-electron chi connectivity index (χ3n) is 6.42. The van der Waals surface area contributed by atoms with Crippen LogP contribution in [0.3, 0.4) is 0 Å². The number of hydrogen-bond acceptors (Lipinski definition) is 5. The lowest BCUT2D eigenvalue weighted by Gasteiger charge is -2.26. The van der Waals surface area contributed by atoms with E-state index in [1.54, 1.807) is 25.3 Å². The third-order valence-corrected chi connectivity index (χ3v) is 6.71. The molecule has 1 aliphatic heterocycles. The minimum atomic E-state index is -0.794. The number of likely N-dealkylation sites (tertiary alicyclic amines) is 1. The lowest BCUT2D eigenvalue weighted by Crippen LogP contribution is -2.29. The molecule has 186 valence electrons. The Morgan fingerprint density at radius 1 is 0.972 bits per heavy atom. The Morgan fingerprint density at radius 3 is 2.25 bits per heavy atom. The number of Topliss-reactive ketones (excluding diaryl/α,β-unsaturated/α-hetero) is 1. The molecule has 1 saturated heterocycles. The van der Waals surface area contributed by atoms with Crippen LogP contribution in [0.1, 0.15) is 48.1 Å². The number of nitrogens with zero attached hydrogens (tertiary/aromatic N) is 1. The van der Waals surface area contributed by atoms with Gasteiger partial charge < -0.3 is 19.5 Å². The van der Waals surface area contributed by atoms with Gasteiger partial charge in [-0.2, -0.15) is 0 Å². The first-order chi connectivity index (χ1) is 17.3. The van der Waals surface area contributed by atoms with Gasteiger partial charge in [0.25, 0.3) is 11.7 Å². The van der Waals surface area contributed by atoms with Crippen molar-refractivity contribution in [3.05, 3.63) is 99.6 Å². The number of ether oxygens (including phenoxy) is 2. The molecule has 36 heavy (non-hydrogen) atoms. The summed E-state index contributed by atoms with van der Waals surface area (Å²) >= 11 is 6.28. The van der Waals surface area contributed by atoms with Gasteiger partial charge in [-0.05, 0) is 41.3 Å². The largest absolute Gasteiger partial charge is 0.507 e. The first-order valence-electron chi connectivity index (χ1n) is 11.6. The highest BCUT2D eigenvalue weighted by molar-refractivity contribution is 6.46. The highest BCUT2D eigenvalue weighted by Crippen LogP contribution is 2.42. The van der Waals surface area contributed by atoms with E-state index >= 15 is 0 Å². The van der Waals surface area contributed by atoms with Crippen molar-refractivity contribution in [2.75, 3.05) is 14.2 Å². The van der Waals surface area contributed by atoms with Crippen molar-refractivity contribution in [1.82, 2.24) is 4.90 Å². The molecule has 1 atom stereocenters. The first-order valence-corrected chi connectivity index (χ1v) is 12.0. The summed E-state index contributed by atoms with van der Waals surface area (Å²) in [5, 5.41) is 11.6. The molecule has 0 aromatic heterocycles. The molecular weight excluding hydrogens is 478 g/mol. The second-order valence-corrected chi connectivity index (χ2v) is 9.32. The number of benzene rings is 3. The standard InChI is InChI=1S/C29H28ClNO5/c1-17(2)18-9-11-19(12-10-18)26-25(27(32)20-13-14-24(36-4)22(30)15-20)28(33)29(34)31(26)16-21-7-5-6-8-23(21)35-3/h5-15,17,26,32H,16H2,1-4H3/b27-25-. The fourth-order valence-electron chi connectivity index (χ4n) is 4.44. The number of halogens is 1. The number of aliphatic hydroxyl groups excluding tert-OH is 1. The molecule has 4 rings (SSSR count). The highest BCUT2D eigenvalue weighted by atomic mass is 35.5. The Kier molecular flexibility index (Phi) is 7.36. The van der Waals surface area contributed by atoms with Gasteiger partial charge in [0.15, 0.2) is 0 Å². The minimum Gasteiger partial charge on any atom is -0.507 e. The quantitative estimate of drug-likeness (QED) is 0.238. The summed E-state index contributed by atoms with van der Waals surface area (Å²) < 4.78 is 10.7. The topological polar surface area (TPSA) is 76.1 Å². The van der Waals surface area contributed by atoms with Crippen molar-refractivity contribution >= 4 is 29.1 Å². The van der Waals surface area contributed by atoms with Crippen LogP contribution in [-0.4, -0.2) is 35.9 Å². The van der Waals surface area contributed by atoms with E-state index in [9.17, 15) is 14.7 Å². The fourth-order valence-corrected chi connectivity index (χ4v) is 4.70. The van der Waals surface area contributed by atoms with Gasteiger partial charge in [0.1, 0.15) is 17.3 Å². The minimum absolute atomic E-state index is 0.00780. The third kappa shape index (κ3) is 4.69. The zero-order chi connectivity index (χ0) is 26.0. The number of carbonyl (C=O) groups excluding carboxylic acids is 2. The molecule has 0 radical (unpaired) electrons. The Balaban J connectivity index is 1.87. The average molecular weight is 506 g/mol. The van der Waals surface area contributed by atoms with E-state index in [1.165, 1.54) is 18.1 Å². The lowest BCUT2D eigenvalue weighted by molar-refractivity contribution is -0.140. The monoisotopic (exact) mass is 505 g/mol. The van der Waals surface area contributed by atoms with E-state index in [0.717, 1.165) is 16.7 Å². The predicted molar refractivity (Wildman–Crippen MR) is 139 cm³/mol. The number of rotatable bonds is 7. The van der Waals surface area contributed by atoms with E-state index in [4.69, 9.17) is 21.1 Å². The molecule has 1 unspecified atom stereocenters. The summed E-state index contributed by atoms with van der Waals surface area (Å²) in [4.78, 5) is 28.1. The zero-order valence-electron chi connectivity index (χ0n) is 20.6. The van der Waals surface area contributed by atoms with Crippen LogP contribution in [0.25, 0.3) is 5.76 Å². The maximum absolute atomic E-state index is 13.3. The summed E-state index contributed by atoms with van der Waals surface area (Å²) in [6.07, 6.45) is 0. The van der Waals surface area contributed by atoms with Crippen molar-refractivity contribution < 1.29 is 24.2 Å². The first kappa shape index (κ1) is 25.3. The van der Waals surface area contributed by atoms with Crippen molar-refractivity contribution in [2.24, 2.45) is 0 Å². The molecule has 3 aromatic rings. The SMILES string of the molecule is COc1ccc(/C(O)=C2/C(=O)C(=O)N(Cc3ccccc3OC)C2c2ccc(C(C)C)cc2)cc1Cl. The van der Waals surface area contributed by atoms with Crippen LogP contribution in [0.15, 0.2) is 72.3 Å². The van der Waals surface area contributed by atoms with E-state index in [0.29, 0.717) is 23.0 Å². The second-order valence-electron chi connectivity index (χ2n) is 8.91. The molecule has 0 saturated carbocycles. The van der Waals surface area contributed by atoms with Crippen molar-refractivity contribution in [2.45, 2.75) is 32.4 Å². The van der Waals surface area contributed by atoms with Crippen LogP contribution in [-0.2, 0) is 16.1 Å². The van der Waals surface area contributed by atoms with Gasteiger partial charge in [-0.25, -0.2) is 0 Å². The number of ketones is 1. The van der Waals surface area contributed by atoms with Gasteiger partial charge in [-0.3, -0.25) is 9.59 Å². The summed E-state index contributed by atoms with van der Waals surface area (Å²) in [6, 6.07) is 19.0. The van der Waals surface area contributed by atoms with Gasteiger partial charge in [-0.1, -0.05) is 67.9 Å². The molecular formula is C29H28ClNO5. The summed E-state index contributed by atoms with van der Waals surface area (Å²) in [5.74, 6) is -0.382. The summed E-state index contributed by atoms with van der Waals surface area (Å²) in [7, 11) is 3.05. The molecule has 1 aliphatic rings. The molecule has 0 aliphatic carbocycles. The van der Waals surface area contributed by atoms with Crippen molar-refractivity contribution in [1.29, 1.82) is 0 Å². The van der Waals surface area contributed by atoms with Crippen LogP contribution in [0.2, 0.25) is 5.02 Å². The van der Waals surface area contributed by atoms with Gasteiger partial charge >= 0.3 is 0 Å². The fraction of sp³-hybridized carbons (Fsp3) is 0.241. The van der Waals surface area contributed by atoms with Gasteiger partial charge in [0.05, 0.1) is 37.4 Å². The smallest absolute Gasteiger partial charge is 0.295 e. The molecule has 0 bridgehead atoms. The Bertz CT molecular complexity index is 1330. The maximum atomic E-state index is 13.3. The van der Waals surface area contributed by atoms with E-state index in [-0.39, 0.29) is 22.9 Å². The van der Waals surface area contributed by atoms with Crippen LogP contribution < -0.4 is 9.47 Å². The molecule has 1 heterocycles. The van der Waals surface area contributed by atoms with Crippen molar-refractivity contribution in [3.8, 4) is 11.5 Å². The van der Waals surface area contributed by atoms with Gasteiger partial charge in [0.2, 0.25) is 0 Å². The lowest BCUT2D eigenvalue weighted by atomic mass is 9.93. The molecule has 0 spiro atoms. The Morgan fingerprint density at radius 2 is 1.64 bits per heavy atom. The summed E-state index contributed by atoms with van der Waals surface area (Å²) in [6.45, 7) is 4.32. The Hall–Kier alpha value is -3.77. The van der Waals surface area contributed by atoms with E-state index < -0.39 is 17.7 Å². The van der Waals surface area contributed by atoms with Gasteiger partial charge in [0, 0.05) is 11.1 Å². The van der Waals surface area contributed by atoms with Crippen LogP contribution in [0.5, 0.6) is 11.5 Å². The van der Waals surface area contributed by atoms with Crippen LogP contribution >= 0.6 is 11.6 Å². The van der Waals surface area contributed by atoms with Crippen molar-refractivity contribution in [3.63, 3.8) is 0 Å². The maximum Gasteiger partial charge on any atom is 0.295 e. The predicted octanol–water partition coefficient (Wildman–Crippen LogP) is 6.10. The molecule has 7 heteroatoms. The molecule has 1 N–H and O–H groups in total. The number of aliphatic hydroxyl groups is 1. The normalized spacial score (nSPS) is 17.1. The number of para-hydroxylation sites is 1. The molecule has 1 amide bonds. The number of carbonyl (C=O) groups is 2. The Labute approximate surface area is 215 Å². The van der Waals surface area contributed by atoms with E-state index in [1.807, 2.05) is 42.5 Å². The molecule has 6 nitrogen and oxygen atoms in total. The second kappa shape index (κ2) is 10.5. The summed E-state index contributed by atoms with van der Waals surface area (Å²) in [5.41, 5.74) is 2.92. The van der Waals surface area contributed by atoms with Crippen LogP contribution in [0.4, 0.5) is 0 Å². The van der Waals surface area contributed by atoms with Crippen LogP contribution in [0, 0.1) is 0 Å². The number of amides is 1. The average Bonchev–Trinajstić information content (AvgIpc) is 3.13. The number of hydrogen-bond donors (Lipinski definition) is 1.